The molecular weight excluding hydrogens is 314 g/mol. The number of hydrogen-bond donors (Lipinski definition) is 2. The number of rotatable bonds is 7. The van der Waals surface area contributed by atoms with Gasteiger partial charge in [0.25, 0.3) is 0 Å². The van der Waals surface area contributed by atoms with Gasteiger partial charge >= 0.3 is 0 Å². The van der Waals surface area contributed by atoms with Crippen LogP contribution in [0.5, 0.6) is 5.75 Å². The fourth-order valence-corrected chi connectivity index (χ4v) is 2.20. The Kier molecular flexibility index (Phi) is 6.81. The van der Waals surface area contributed by atoms with Crippen molar-refractivity contribution in [2.75, 3.05) is 13.2 Å². The van der Waals surface area contributed by atoms with Crippen LogP contribution in [-0.2, 0) is 13.1 Å². The van der Waals surface area contributed by atoms with E-state index in [1.54, 1.807) is 6.26 Å². The van der Waals surface area contributed by atoms with Crippen LogP contribution in [0.3, 0.4) is 0 Å². The fraction of sp³-hybridized carbons (Fsp3) is 0.353. The summed E-state index contributed by atoms with van der Waals surface area (Å²) < 4.78 is 10.9. The van der Waals surface area contributed by atoms with Gasteiger partial charge in [-0.05, 0) is 38.1 Å². The van der Waals surface area contributed by atoms with Gasteiger partial charge < -0.3 is 19.8 Å². The molecule has 0 saturated carbocycles. The minimum Gasteiger partial charge on any atom is -0.493 e. The Morgan fingerprint density at radius 1 is 1.26 bits per heavy atom. The Morgan fingerprint density at radius 2 is 2.13 bits per heavy atom. The highest BCUT2D eigenvalue weighted by Gasteiger charge is 2.05. The molecule has 0 aliphatic carbocycles. The normalized spacial score (nSPS) is 11.3. The molecule has 0 bridgehead atoms. The number of guanidine groups is 1. The summed E-state index contributed by atoms with van der Waals surface area (Å²) in [4.78, 5) is 4.59. The maximum Gasteiger partial charge on any atom is 0.191 e. The highest BCUT2D eigenvalue weighted by atomic mass is 35.5. The second-order valence-electron chi connectivity index (χ2n) is 4.81. The van der Waals surface area contributed by atoms with Gasteiger partial charge in [0.15, 0.2) is 5.96 Å². The summed E-state index contributed by atoms with van der Waals surface area (Å²) in [5.74, 6) is 2.35. The third-order valence-electron chi connectivity index (χ3n) is 3.09. The zero-order chi connectivity index (χ0) is 16.5. The van der Waals surface area contributed by atoms with Crippen LogP contribution in [0.15, 0.2) is 46.0 Å². The lowest BCUT2D eigenvalue weighted by molar-refractivity contribution is 0.336. The van der Waals surface area contributed by atoms with Crippen LogP contribution < -0.4 is 15.4 Å². The summed E-state index contributed by atoms with van der Waals surface area (Å²) in [6.07, 6.45) is 1.66. The lowest BCUT2D eigenvalue weighted by Gasteiger charge is -2.12. The van der Waals surface area contributed by atoms with E-state index in [4.69, 9.17) is 20.8 Å². The molecule has 0 fully saturated rings. The summed E-state index contributed by atoms with van der Waals surface area (Å²) in [7, 11) is 0. The largest absolute Gasteiger partial charge is 0.493 e. The van der Waals surface area contributed by atoms with E-state index in [9.17, 15) is 0 Å². The number of nitrogens with zero attached hydrogens (tertiary/aromatic N) is 1. The SMILES string of the molecule is CCNC(=NCc1ccc(Cl)cc1OCC)NCc1ccco1. The van der Waals surface area contributed by atoms with Gasteiger partial charge in [0.05, 0.1) is 26.0 Å². The molecule has 1 aromatic carbocycles. The number of benzene rings is 1. The van der Waals surface area contributed by atoms with Crippen LogP contribution in [-0.4, -0.2) is 19.1 Å². The average Bonchev–Trinajstić information content (AvgIpc) is 3.05. The van der Waals surface area contributed by atoms with E-state index in [0.717, 1.165) is 29.6 Å². The Bertz CT molecular complexity index is 627. The zero-order valence-electron chi connectivity index (χ0n) is 13.4. The molecule has 0 saturated heterocycles. The van der Waals surface area contributed by atoms with Crippen LogP contribution in [0.1, 0.15) is 25.2 Å². The first-order valence-corrected chi connectivity index (χ1v) is 8.06. The molecule has 124 valence electrons. The molecule has 23 heavy (non-hydrogen) atoms. The second kappa shape index (κ2) is 9.10. The molecule has 1 aromatic heterocycles. The Hall–Kier alpha value is -2.14. The molecule has 0 aliphatic heterocycles. The smallest absolute Gasteiger partial charge is 0.191 e. The fourth-order valence-electron chi connectivity index (χ4n) is 2.04. The Balaban J connectivity index is 2.04. The lowest BCUT2D eigenvalue weighted by atomic mass is 10.2. The van der Waals surface area contributed by atoms with Crippen LogP contribution in [0.4, 0.5) is 0 Å². The van der Waals surface area contributed by atoms with Crippen molar-refractivity contribution in [2.24, 2.45) is 4.99 Å². The predicted octanol–water partition coefficient (Wildman–Crippen LogP) is 3.59. The third-order valence-corrected chi connectivity index (χ3v) is 3.33. The summed E-state index contributed by atoms with van der Waals surface area (Å²) in [6, 6.07) is 9.39. The van der Waals surface area contributed by atoms with E-state index < -0.39 is 0 Å². The van der Waals surface area contributed by atoms with Gasteiger partial charge in [0.2, 0.25) is 0 Å². The number of aliphatic imine (C=N–C) groups is 1. The first kappa shape index (κ1) is 17.2. The second-order valence-corrected chi connectivity index (χ2v) is 5.25. The lowest BCUT2D eigenvalue weighted by Crippen LogP contribution is -2.36. The number of hydrogen-bond acceptors (Lipinski definition) is 3. The minimum absolute atomic E-state index is 0.500. The van der Waals surface area contributed by atoms with Crippen molar-refractivity contribution in [2.45, 2.75) is 26.9 Å². The van der Waals surface area contributed by atoms with Crippen LogP contribution in [0, 0.1) is 0 Å². The number of furan rings is 1. The van der Waals surface area contributed by atoms with Gasteiger partial charge in [-0.1, -0.05) is 17.7 Å². The summed E-state index contributed by atoms with van der Waals surface area (Å²) in [6.45, 7) is 6.43. The van der Waals surface area contributed by atoms with E-state index in [1.807, 2.05) is 44.2 Å². The van der Waals surface area contributed by atoms with Crippen molar-refractivity contribution in [3.63, 3.8) is 0 Å². The highest BCUT2D eigenvalue weighted by molar-refractivity contribution is 6.30. The van der Waals surface area contributed by atoms with Crippen LogP contribution in [0.25, 0.3) is 0 Å². The molecule has 0 unspecified atom stereocenters. The number of halogens is 1. The summed E-state index contributed by atoms with van der Waals surface area (Å²) >= 11 is 6.02. The topological polar surface area (TPSA) is 58.8 Å². The van der Waals surface area contributed by atoms with Crippen molar-refractivity contribution >= 4 is 17.6 Å². The Labute approximate surface area is 141 Å². The van der Waals surface area contributed by atoms with Gasteiger partial charge in [-0.2, -0.15) is 0 Å². The van der Waals surface area contributed by atoms with Gasteiger partial charge in [0, 0.05) is 17.1 Å². The van der Waals surface area contributed by atoms with Crippen molar-refractivity contribution in [3.05, 3.63) is 52.9 Å². The van der Waals surface area contributed by atoms with Crippen molar-refractivity contribution in [1.29, 1.82) is 0 Å². The summed E-state index contributed by atoms with van der Waals surface area (Å²) in [5, 5.41) is 7.10. The molecule has 0 radical (unpaired) electrons. The van der Waals surface area contributed by atoms with Crippen molar-refractivity contribution < 1.29 is 9.15 Å². The van der Waals surface area contributed by atoms with Gasteiger partial charge in [-0.25, -0.2) is 4.99 Å². The van der Waals surface area contributed by atoms with E-state index in [1.165, 1.54) is 0 Å². The van der Waals surface area contributed by atoms with Crippen molar-refractivity contribution in [1.82, 2.24) is 10.6 Å². The molecule has 0 atom stereocenters. The quantitative estimate of drug-likeness (QED) is 0.599. The summed E-state index contributed by atoms with van der Waals surface area (Å²) in [5.41, 5.74) is 0.992. The van der Waals surface area contributed by atoms with E-state index in [0.29, 0.717) is 24.7 Å². The molecule has 5 nitrogen and oxygen atoms in total. The van der Waals surface area contributed by atoms with Crippen LogP contribution >= 0.6 is 11.6 Å². The first-order valence-electron chi connectivity index (χ1n) is 7.68. The Morgan fingerprint density at radius 3 is 2.83 bits per heavy atom. The minimum atomic E-state index is 0.500. The van der Waals surface area contributed by atoms with Gasteiger partial charge in [-0.15, -0.1) is 0 Å². The first-order chi connectivity index (χ1) is 11.2. The highest BCUT2D eigenvalue weighted by Crippen LogP contribution is 2.24. The molecule has 0 amide bonds. The van der Waals surface area contributed by atoms with E-state index in [-0.39, 0.29) is 0 Å². The number of nitrogens with one attached hydrogen (secondary N) is 2. The molecule has 2 rings (SSSR count). The van der Waals surface area contributed by atoms with Crippen LogP contribution in [0.2, 0.25) is 5.02 Å². The molecule has 0 aliphatic rings. The van der Waals surface area contributed by atoms with Gasteiger partial charge in [0.1, 0.15) is 11.5 Å². The maximum atomic E-state index is 6.02. The van der Waals surface area contributed by atoms with E-state index in [2.05, 4.69) is 15.6 Å². The average molecular weight is 336 g/mol. The molecule has 6 heteroatoms. The molecule has 0 spiro atoms. The third kappa shape index (κ3) is 5.53. The predicted molar refractivity (Wildman–Crippen MR) is 93.0 cm³/mol. The molecule has 1 heterocycles. The molecule has 2 N–H and O–H groups in total. The van der Waals surface area contributed by atoms with Crippen molar-refractivity contribution in [3.8, 4) is 5.75 Å². The maximum absolute atomic E-state index is 6.02. The van der Waals surface area contributed by atoms with Gasteiger partial charge in [-0.3, -0.25) is 0 Å². The molecule has 2 aromatic rings. The zero-order valence-corrected chi connectivity index (χ0v) is 14.2. The molecular formula is C17H22ClN3O2. The standard InChI is InChI=1S/C17H22ClN3O2/c1-3-19-17(21-12-15-6-5-9-23-15)20-11-13-7-8-14(18)10-16(13)22-4-2/h5-10H,3-4,11-12H2,1-2H3,(H2,19,20,21). The monoisotopic (exact) mass is 335 g/mol. The van der Waals surface area contributed by atoms with E-state index >= 15 is 0 Å². The number of ether oxygens (including phenoxy) is 1.